The Morgan fingerprint density at radius 2 is 1.90 bits per heavy atom. The summed E-state index contributed by atoms with van der Waals surface area (Å²) in [6, 6.07) is 9.02. The minimum atomic E-state index is -4.82. The summed E-state index contributed by atoms with van der Waals surface area (Å²) in [5, 5.41) is 11.9. The van der Waals surface area contributed by atoms with Crippen LogP contribution in [0.4, 0.5) is 18.9 Å². The molecule has 0 spiro atoms. The van der Waals surface area contributed by atoms with Crippen molar-refractivity contribution in [3.8, 4) is 0 Å². The molecule has 4 heterocycles. The lowest BCUT2D eigenvalue weighted by Gasteiger charge is -2.46. The fourth-order valence-corrected chi connectivity index (χ4v) is 8.66. The SMILES string of the molecule is CCCCOC1CC2COCC1N2C[C@H]1CN(S(=O)(=O)c2cccs2)CCN1c1ccc(C(C)(O)C(F)(F)F)cc1. The first-order valence-corrected chi connectivity index (χ1v) is 16.4. The second-order valence-electron chi connectivity index (χ2n) is 11.2. The molecule has 1 aromatic carbocycles. The second-order valence-corrected chi connectivity index (χ2v) is 14.3. The minimum Gasteiger partial charge on any atom is -0.378 e. The number of thiophene rings is 1. The quantitative estimate of drug-likeness (QED) is 0.403. The van der Waals surface area contributed by atoms with Gasteiger partial charge < -0.3 is 19.5 Å². The first kappa shape index (κ1) is 30.7. The van der Waals surface area contributed by atoms with Gasteiger partial charge in [0.2, 0.25) is 0 Å². The summed E-state index contributed by atoms with van der Waals surface area (Å²) in [5.41, 5.74) is -2.54. The van der Waals surface area contributed by atoms with Crippen LogP contribution in [-0.2, 0) is 25.1 Å². The smallest absolute Gasteiger partial charge is 0.378 e. The van der Waals surface area contributed by atoms with E-state index in [4.69, 9.17) is 9.47 Å². The van der Waals surface area contributed by atoms with E-state index in [1.165, 1.54) is 27.8 Å². The van der Waals surface area contributed by atoms with Gasteiger partial charge >= 0.3 is 6.18 Å². The number of benzene rings is 1. The van der Waals surface area contributed by atoms with Crippen molar-refractivity contribution in [1.82, 2.24) is 9.21 Å². The first-order valence-electron chi connectivity index (χ1n) is 14.1. The molecule has 3 saturated heterocycles. The molecule has 8 nitrogen and oxygen atoms in total. The maximum Gasteiger partial charge on any atom is 0.421 e. The fraction of sp³-hybridized carbons (Fsp3) is 0.643. The molecule has 3 aliphatic heterocycles. The molecule has 2 bridgehead atoms. The summed E-state index contributed by atoms with van der Waals surface area (Å²) >= 11 is 1.18. The van der Waals surface area contributed by atoms with Crippen molar-refractivity contribution in [3.05, 3.63) is 47.3 Å². The van der Waals surface area contributed by atoms with Crippen LogP contribution in [0, 0.1) is 0 Å². The van der Waals surface area contributed by atoms with Crippen molar-refractivity contribution in [2.75, 3.05) is 50.9 Å². The maximum absolute atomic E-state index is 13.4. The van der Waals surface area contributed by atoms with Crippen LogP contribution in [0.3, 0.4) is 0 Å². The number of anilines is 1. The molecule has 41 heavy (non-hydrogen) atoms. The van der Waals surface area contributed by atoms with Gasteiger partial charge in [0.25, 0.3) is 10.0 Å². The van der Waals surface area contributed by atoms with Gasteiger partial charge in [0, 0.05) is 44.5 Å². The van der Waals surface area contributed by atoms with E-state index in [1.54, 1.807) is 29.6 Å². The maximum atomic E-state index is 13.4. The van der Waals surface area contributed by atoms with Gasteiger partial charge in [-0.1, -0.05) is 31.5 Å². The van der Waals surface area contributed by atoms with Crippen LogP contribution in [0.25, 0.3) is 0 Å². The number of unbranched alkanes of at least 4 members (excludes halogenated alkanes) is 1. The lowest BCUT2D eigenvalue weighted by molar-refractivity contribution is -0.258. The van der Waals surface area contributed by atoms with E-state index in [9.17, 15) is 26.7 Å². The van der Waals surface area contributed by atoms with E-state index in [0.717, 1.165) is 26.2 Å². The molecular weight excluding hydrogens is 579 g/mol. The van der Waals surface area contributed by atoms with Gasteiger partial charge in [-0.2, -0.15) is 17.5 Å². The third-order valence-electron chi connectivity index (χ3n) is 8.53. The molecule has 4 unspecified atom stereocenters. The Kier molecular flexibility index (Phi) is 9.06. The number of ether oxygens (including phenoxy) is 2. The van der Waals surface area contributed by atoms with E-state index < -0.39 is 21.8 Å². The van der Waals surface area contributed by atoms with Gasteiger partial charge in [-0.05, 0) is 48.9 Å². The van der Waals surface area contributed by atoms with Crippen LogP contribution in [0.2, 0.25) is 0 Å². The Morgan fingerprint density at radius 3 is 2.56 bits per heavy atom. The molecule has 0 radical (unpaired) electrons. The fourth-order valence-electron chi connectivity index (χ4n) is 6.04. The molecule has 5 rings (SSSR count). The number of nitrogens with zero attached hydrogens (tertiary/aromatic N) is 3. The Balaban J connectivity index is 1.40. The van der Waals surface area contributed by atoms with Crippen LogP contribution in [0.15, 0.2) is 46.0 Å². The van der Waals surface area contributed by atoms with E-state index in [1.807, 2.05) is 0 Å². The number of fused-ring (bicyclic) bond motifs is 2. The minimum absolute atomic E-state index is 0.0425. The lowest BCUT2D eigenvalue weighted by Crippen LogP contribution is -2.61. The number of halogens is 3. The number of rotatable bonds is 10. The number of morpholine rings is 1. The van der Waals surface area contributed by atoms with Crippen LogP contribution in [0.1, 0.15) is 38.7 Å². The van der Waals surface area contributed by atoms with Gasteiger partial charge in [0.1, 0.15) is 4.21 Å². The number of aliphatic hydroxyl groups is 1. The Morgan fingerprint density at radius 1 is 1.15 bits per heavy atom. The van der Waals surface area contributed by atoms with Crippen LogP contribution in [-0.4, -0.2) is 99.1 Å². The summed E-state index contributed by atoms with van der Waals surface area (Å²) in [6.07, 6.45) is -1.90. The van der Waals surface area contributed by atoms with Gasteiger partial charge in [-0.15, -0.1) is 11.3 Å². The highest BCUT2D eigenvalue weighted by Gasteiger charge is 2.51. The predicted molar refractivity (Wildman–Crippen MR) is 151 cm³/mol. The number of alkyl halides is 3. The molecule has 2 aromatic rings. The molecular formula is C28H38F3N3O5S2. The highest BCUT2D eigenvalue weighted by atomic mass is 32.2. The average Bonchev–Trinajstić information content (AvgIpc) is 3.54. The molecule has 13 heteroatoms. The summed E-state index contributed by atoms with van der Waals surface area (Å²) in [4.78, 5) is 4.45. The van der Waals surface area contributed by atoms with Crippen molar-refractivity contribution in [2.24, 2.45) is 0 Å². The topological polar surface area (TPSA) is 82.6 Å². The molecule has 0 amide bonds. The zero-order valence-corrected chi connectivity index (χ0v) is 24.9. The van der Waals surface area contributed by atoms with Gasteiger partial charge in [-0.25, -0.2) is 8.42 Å². The largest absolute Gasteiger partial charge is 0.421 e. The third-order valence-corrected chi connectivity index (χ3v) is 11.8. The number of sulfonamides is 1. The van der Waals surface area contributed by atoms with Crippen molar-refractivity contribution < 1.29 is 36.2 Å². The Hall–Kier alpha value is -1.74. The van der Waals surface area contributed by atoms with Crippen LogP contribution >= 0.6 is 11.3 Å². The lowest BCUT2D eigenvalue weighted by atomic mass is 9.95. The van der Waals surface area contributed by atoms with Crippen molar-refractivity contribution in [3.63, 3.8) is 0 Å². The van der Waals surface area contributed by atoms with Gasteiger partial charge in [0.15, 0.2) is 5.60 Å². The molecule has 1 aromatic heterocycles. The van der Waals surface area contributed by atoms with Crippen LogP contribution in [0.5, 0.6) is 0 Å². The summed E-state index contributed by atoms with van der Waals surface area (Å²) in [6.45, 7) is 6.09. The highest BCUT2D eigenvalue weighted by Crippen LogP contribution is 2.39. The molecule has 3 aliphatic rings. The summed E-state index contributed by atoms with van der Waals surface area (Å²) in [5.74, 6) is 0. The van der Waals surface area contributed by atoms with Crippen molar-refractivity contribution in [2.45, 2.75) is 73.3 Å². The molecule has 0 aliphatic carbocycles. The first-order chi connectivity index (χ1) is 19.4. The van der Waals surface area contributed by atoms with Crippen molar-refractivity contribution >= 4 is 27.0 Å². The molecule has 228 valence electrons. The summed E-state index contributed by atoms with van der Waals surface area (Å²) in [7, 11) is -3.68. The van der Waals surface area contributed by atoms with Gasteiger partial charge in [-0.3, -0.25) is 4.90 Å². The van der Waals surface area contributed by atoms with Crippen molar-refractivity contribution in [1.29, 1.82) is 0 Å². The van der Waals surface area contributed by atoms with Gasteiger partial charge in [0.05, 0.1) is 31.4 Å². The number of hydrogen-bond acceptors (Lipinski definition) is 8. The van der Waals surface area contributed by atoms with E-state index in [-0.39, 0.29) is 42.9 Å². The highest BCUT2D eigenvalue weighted by molar-refractivity contribution is 7.91. The molecule has 1 N–H and O–H groups in total. The Labute approximate surface area is 243 Å². The zero-order valence-electron chi connectivity index (χ0n) is 23.3. The number of piperazine rings is 1. The molecule has 0 saturated carbocycles. The molecule has 3 fully saturated rings. The zero-order chi connectivity index (χ0) is 29.4. The van der Waals surface area contributed by atoms with E-state index in [0.29, 0.717) is 42.8 Å². The number of hydrogen-bond donors (Lipinski definition) is 1. The average molecular weight is 618 g/mol. The standard InChI is InChI=1S/C28H38F3N3O5S2/c1-3-4-13-39-25-15-22-18-38-19-24(25)34(22)17-23-16-32(41(36,37)26-6-5-14-40-26)11-12-33(23)21-9-7-20(8-10-21)27(2,35)28(29,30)31/h5-10,14,22-25,35H,3-4,11-13,15-19H2,1-2H3/t22?,23-,24?,25?,27?/m1/s1. The third kappa shape index (κ3) is 6.17. The predicted octanol–water partition coefficient (Wildman–Crippen LogP) is 4.06. The normalized spacial score (nSPS) is 27.7. The summed E-state index contributed by atoms with van der Waals surface area (Å²) < 4.78 is 81.1. The Bertz CT molecular complexity index is 1260. The molecule has 5 atom stereocenters. The van der Waals surface area contributed by atoms with E-state index >= 15 is 0 Å². The van der Waals surface area contributed by atoms with E-state index in [2.05, 4.69) is 16.7 Å². The van der Waals surface area contributed by atoms with Crippen LogP contribution < -0.4 is 4.90 Å². The second kappa shape index (κ2) is 12.1. The monoisotopic (exact) mass is 617 g/mol.